The summed E-state index contributed by atoms with van der Waals surface area (Å²) >= 11 is 1.74. The third-order valence-electron chi connectivity index (χ3n) is 5.29. The fourth-order valence-electron chi connectivity index (χ4n) is 3.82. The van der Waals surface area contributed by atoms with Crippen LogP contribution >= 0.6 is 11.3 Å². The highest BCUT2D eigenvalue weighted by atomic mass is 32.1. The predicted molar refractivity (Wildman–Crippen MR) is 113 cm³/mol. The number of anilines is 1. The minimum atomic E-state index is -0.851. The first-order valence-electron chi connectivity index (χ1n) is 9.87. The van der Waals surface area contributed by atoms with E-state index in [-0.39, 0.29) is 5.92 Å². The zero-order chi connectivity index (χ0) is 19.7. The highest BCUT2D eigenvalue weighted by Crippen LogP contribution is 2.39. The zero-order valence-corrected chi connectivity index (χ0v) is 17.1. The van der Waals surface area contributed by atoms with E-state index < -0.39 is 12.0 Å². The van der Waals surface area contributed by atoms with Crippen molar-refractivity contribution in [2.45, 2.75) is 52.0 Å². The number of rotatable bonds is 6. The van der Waals surface area contributed by atoms with Gasteiger partial charge in [0, 0.05) is 11.3 Å². The minimum Gasteiger partial charge on any atom is -0.480 e. The largest absolute Gasteiger partial charge is 0.480 e. The summed E-state index contributed by atoms with van der Waals surface area (Å²) < 4.78 is 0. The Bertz CT molecular complexity index is 998. The molecule has 0 amide bonds. The van der Waals surface area contributed by atoms with Crippen molar-refractivity contribution < 1.29 is 9.90 Å². The van der Waals surface area contributed by atoms with E-state index >= 15 is 0 Å². The molecular weight excluding hydrogens is 370 g/mol. The van der Waals surface area contributed by atoms with E-state index in [1.54, 1.807) is 11.3 Å². The van der Waals surface area contributed by atoms with Crippen molar-refractivity contribution >= 4 is 33.3 Å². The lowest BCUT2D eigenvalue weighted by Gasteiger charge is -2.20. The van der Waals surface area contributed by atoms with Crippen molar-refractivity contribution in [1.82, 2.24) is 9.97 Å². The first-order valence-corrected chi connectivity index (χ1v) is 10.7. The van der Waals surface area contributed by atoms with E-state index in [0.29, 0.717) is 12.2 Å². The van der Waals surface area contributed by atoms with Gasteiger partial charge in [0.2, 0.25) is 0 Å². The molecule has 3 aromatic rings. The van der Waals surface area contributed by atoms with Gasteiger partial charge in [-0.2, -0.15) is 0 Å². The van der Waals surface area contributed by atoms with Gasteiger partial charge in [-0.25, -0.2) is 14.8 Å². The molecule has 0 aliphatic heterocycles. The third-order valence-corrected chi connectivity index (χ3v) is 6.48. The van der Waals surface area contributed by atoms with E-state index in [1.165, 1.54) is 16.9 Å². The molecular formula is C22H25N3O2S. The third kappa shape index (κ3) is 3.74. The van der Waals surface area contributed by atoms with Gasteiger partial charge in [0.05, 0.1) is 5.39 Å². The van der Waals surface area contributed by atoms with Crippen LogP contribution in [0.25, 0.3) is 10.2 Å². The van der Waals surface area contributed by atoms with E-state index in [1.807, 2.05) is 32.0 Å². The van der Waals surface area contributed by atoms with E-state index in [2.05, 4.69) is 17.4 Å². The Balaban J connectivity index is 1.81. The van der Waals surface area contributed by atoms with Crippen molar-refractivity contribution in [3.05, 3.63) is 52.2 Å². The summed E-state index contributed by atoms with van der Waals surface area (Å²) in [6.45, 7) is 3.83. The van der Waals surface area contributed by atoms with Crippen LogP contribution in [0.1, 0.15) is 48.5 Å². The van der Waals surface area contributed by atoms with Gasteiger partial charge in [0.15, 0.2) is 0 Å². The van der Waals surface area contributed by atoms with Gasteiger partial charge < -0.3 is 10.4 Å². The number of aromatic nitrogens is 2. The maximum Gasteiger partial charge on any atom is 0.326 e. The predicted octanol–water partition coefficient (Wildman–Crippen LogP) is 4.68. The van der Waals surface area contributed by atoms with Crippen molar-refractivity contribution in [3.8, 4) is 0 Å². The standard InChI is InChI=1S/C22H25N3O2S/c1-13(2)19(22(26)27)25-20-18-15-10-6-7-11-16(15)28-21(18)24-17(23-20)12-14-8-4-3-5-9-14/h3-5,8-9,13,19H,6-7,10-12H2,1-2H3,(H,26,27)(H,23,24,25)/t19-/m0/s1. The maximum absolute atomic E-state index is 11.8. The molecule has 1 aromatic carbocycles. The second-order valence-corrected chi connectivity index (χ2v) is 8.83. The average Bonchev–Trinajstić information content (AvgIpc) is 3.04. The fraction of sp³-hybridized carbons (Fsp3) is 0.409. The molecule has 0 spiro atoms. The molecule has 0 bridgehead atoms. The van der Waals surface area contributed by atoms with Crippen LogP contribution in [0.3, 0.4) is 0 Å². The number of nitrogens with one attached hydrogen (secondary N) is 1. The molecule has 5 nitrogen and oxygen atoms in total. The van der Waals surface area contributed by atoms with Gasteiger partial charge in [-0.1, -0.05) is 44.2 Å². The summed E-state index contributed by atoms with van der Waals surface area (Å²) in [5.41, 5.74) is 2.46. The molecule has 0 unspecified atom stereocenters. The summed E-state index contributed by atoms with van der Waals surface area (Å²) in [4.78, 5) is 23.8. The van der Waals surface area contributed by atoms with Gasteiger partial charge in [-0.3, -0.25) is 0 Å². The first-order chi connectivity index (χ1) is 13.5. The molecule has 0 saturated carbocycles. The SMILES string of the molecule is CC(C)[C@H](Nc1nc(Cc2ccccc2)nc2sc3c(c12)CCCC3)C(=O)O. The second-order valence-electron chi connectivity index (χ2n) is 7.75. The molecule has 6 heteroatoms. The Morgan fingerprint density at radius 3 is 2.64 bits per heavy atom. The highest BCUT2D eigenvalue weighted by molar-refractivity contribution is 7.19. The smallest absolute Gasteiger partial charge is 0.326 e. The first kappa shape index (κ1) is 18.9. The Kier molecular flexibility index (Phi) is 5.31. The number of thiophene rings is 1. The highest BCUT2D eigenvalue weighted by Gasteiger charge is 2.26. The molecule has 1 aliphatic rings. The lowest BCUT2D eigenvalue weighted by molar-refractivity contribution is -0.138. The second kappa shape index (κ2) is 7.87. The van der Waals surface area contributed by atoms with Crippen LogP contribution in [0.2, 0.25) is 0 Å². The van der Waals surface area contributed by atoms with Crippen molar-refractivity contribution in [2.24, 2.45) is 5.92 Å². The molecule has 2 N–H and O–H groups in total. The Labute approximate surface area is 168 Å². The van der Waals surface area contributed by atoms with Gasteiger partial charge in [0.1, 0.15) is 22.5 Å². The lowest BCUT2D eigenvalue weighted by Crippen LogP contribution is -2.34. The van der Waals surface area contributed by atoms with Crippen LogP contribution < -0.4 is 5.32 Å². The van der Waals surface area contributed by atoms with Gasteiger partial charge in [-0.15, -0.1) is 11.3 Å². The number of aliphatic carboxylic acids is 1. The summed E-state index contributed by atoms with van der Waals surface area (Å²) in [5, 5.41) is 13.9. The quantitative estimate of drug-likeness (QED) is 0.634. The minimum absolute atomic E-state index is 0.0467. The molecule has 2 aromatic heterocycles. The van der Waals surface area contributed by atoms with Crippen LogP contribution in [0.5, 0.6) is 0 Å². The Morgan fingerprint density at radius 1 is 1.18 bits per heavy atom. The van der Waals surface area contributed by atoms with Crippen molar-refractivity contribution in [1.29, 1.82) is 0 Å². The number of nitrogens with zero attached hydrogens (tertiary/aromatic N) is 2. The van der Waals surface area contributed by atoms with E-state index in [9.17, 15) is 9.90 Å². The van der Waals surface area contributed by atoms with Crippen LogP contribution in [0.15, 0.2) is 30.3 Å². The molecule has 0 radical (unpaired) electrons. The van der Waals surface area contributed by atoms with Crippen LogP contribution in [-0.4, -0.2) is 27.1 Å². The van der Waals surface area contributed by atoms with Gasteiger partial charge >= 0.3 is 5.97 Å². The summed E-state index contributed by atoms with van der Waals surface area (Å²) in [6, 6.07) is 9.46. The number of carboxylic acids is 1. The number of fused-ring (bicyclic) bond motifs is 3. The molecule has 1 atom stereocenters. The van der Waals surface area contributed by atoms with Gasteiger partial charge in [-0.05, 0) is 42.7 Å². The molecule has 146 valence electrons. The molecule has 4 rings (SSSR count). The average molecular weight is 396 g/mol. The topological polar surface area (TPSA) is 75.1 Å². The normalized spacial score (nSPS) is 14.8. The van der Waals surface area contributed by atoms with Crippen molar-refractivity contribution in [2.75, 3.05) is 5.32 Å². The molecule has 0 saturated heterocycles. The summed E-state index contributed by atoms with van der Waals surface area (Å²) in [6.07, 6.45) is 5.10. The monoisotopic (exact) mass is 395 g/mol. The maximum atomic E-state index is 11.8. The number of hydrogen-bond acceptors (Lipinski definition) is 5. The van der Waals surface area contributed by atoms with Gasteiger partial charge in [0.25, 0.3) is 0 Å². The summed E-state index contributed by atoms with van der Waals surface area (Å²) in [5.74, 6) is 0.508. The number of aryl methyl sites for hydroxylation is 2. The fourth-order valence-corrected chi connectivity index (χ4v) is 5.10. The Morgan fingerprint density at radius 2 is 1.93 bits per heavy atom. The zero-order valence-electron chi connectivity index (χ0n) is 16.2. The van der Waals surface area contributed by atoms with Crippen LogP contribution in [0.4, 0.5) is 5.82 Å². The van der Waals surface area contributed by atoms with E-state index in [0.717, 1.165) is 40.9 Å². The number of carbonyl (C=O) groups is 1. The van der Waals surface area contributed by atoms with Crippen LogP contribution in [0, 0.1) is 5.92 Å². The van der Waals surface area contributed by atoms with Crippen molar-refractivity contribution in [3.63, 3.8) is 0 Å². The molecule has 2 heterocycles. The number of carboxylic acid groups (broad SMARTS) is 1. The number of benzene rings is 1. The molecule has 1 aliphatic carbocycles. The lowest BCUT2D eigenvalue weighted by atomic mass is 9.96. The van der Waals surface area contributed by atoms with E-state index in [4.69, 9.17) is 9.97 Å². The van der Waals surface area contributed by atoms with Crippen LogP contribution in [-0.2, 0) is 24.1 Å². The molecule has 0 fully saturated rings. The number of hydrogen-bond donors (Lipinski definition) is 2. The summed E-state index contributed by atoms with van der Waals surface area (Å²) in [7, 11) is 0. The molecule has 28 heavy (non-hydrogen) atoms. The Hall–Kier alpha value is -2.47.